The van der Waals surface area contributed by atoms with Crippen LogP contribution in [0.4, 0.5) is 10.1 Å². The summed E-state index contributed by atoms with van der Waals surface area (Å²) >= 11 is 0. The third kappa shape index (κ3) is 3.81. The third-order valence-corrected chi connectivity index (χ3v) is 6.19. The van der Waals surface area contributed by atoms with Crippen LogP contribution in [0.1, 0.15) is 28.2 Å². The summed E-state index contributed by atoms with van der Waals surface area (Å²) in [7, 11) is 1.57. The number of carbonyl (C=O) groups excluding carboxylic acids is 1. The molecule has 0 bridgehead atoms. The number of nitrogens with one attached hydrogen (secondary N) is 2. The summed E-state index contributed by atoms with van der Waals surface area (Å²) < 4.78 is 23.5. The molecule has 2 aliphatic heterocycles. The number of hydrogen-bond donors (Lipinski definition) is 2. The van der Waals surface area contributed by atoms with E-state index in [2.05, 4.69) is 29.7 Å². The first-order valence-electron chi connectivity index (χ1n) is 10.8. The molecule has 10 heteroatoms. The van der Waals surface area contributed by atoms with Gasteiger partial charge in [0.1, 0.15) is 22.7 Å². The number of H-pyrrole nitrogens is 1. The van der Waals surface area contributed by atoms with Crippen molar-refractivity contribution >= 4 is 28.3 Å². The Morgan fingerprint density at radius 1 is 1.36 bits per heavy atom. The summed E-state index contributed by atoms with van der Waals surface area (Å²) in [5, 5.41) is 2.57. The van der Waals surface area contributed by atoms with Gasteiger partial charge < -0.3 is 19.9 Å². The van der Waals surface area contributed by atoms with Gasteiger partial charge in [-0.1, -0.05) is 0 Å². The largest absolute Gasteiger partial charge is 0.492 e. The molecule has 9 nitrogen and oxygen atoms in total. The highest BCUT2D eigenvalue weighted by Gasteiger charge is 2.30. The van der Waals surface area contributed by atoms with Gasteiger partial charge in [0.2, 0.25) is 0 Å². The number of pyridine rings is 1. The number of amides is 1. The van der Waals surface area contributed by atoms with Crippen molar-refractivity contribution in [3.8, 4) is 5.75 Å². The molecule has 1 amide bonds. The van der Waals surface area contributed by atoms with E-state index in [1.807, 2.05) is 6.07 Å². The number of fused-ring (bicyclic) bond motifs is 2. The van der Waals surface area contributed by atoms with E-state index in [1.54, 1.807) is 32.3 Å². The molecule has 5 rings (SSSR count). The van der Waals surface area contributed by atoms with Crippen molar-refractivity contribution in [3.63, 3.8) is 0 Å². The summed E-state index contributed by atoms with van der Waals surface area (Å²) in [6.07, 6.45) is 2.41. The van der Waals surface area contributed by atoms with Crippen LogP contribution in [-0.2, 0) is 6.54 Å². The van der Waals surface area contributed by atoms with Crippen LogP contribution in [0.25, 0.3) is 11.0 Å². The minimum atomic E-state index is -0.496. The van der Waals surface area contributed by atoms with Gasteiger partial charge in [-0.3, -0.25) is 9.59 Å². The summed E-state index contributed by atoms with van der Waals surface area (Å²) in [6, 6.07) is 5.30. The second kappa shape index (κ2) is 8.27. The Labute approximate surface area is 188 Å². The number of ether oxygens (including phenoxy) is 1. The highest BCUT2D eigenvalue weighted by Crippen LogP contribution is 2.30. The number of aromatic nitrogens is 3. The highest BCUT2D eigenvalue weighted by molar-refractivity contribution is 5.92. The molecule has 2 N–H and O–H groups in total. The van der Waals surface area contributed by atoms with Gasteiger partial charge in [-0.25, -0.2) is 18.9 Å². The zero-order chi connectivity index (χ0) is 23.1. The minimum Gasteiger partial charge on any atom is -0.492 e. The van der Waals surface area contributed by atoms with Gasteiger partial charge in [0.15, 0.2) is 24.6 Å². The molecule has 2 aromatic heterocycles. The van der Waals surface area contributed by atoms with Gasteiger partial charge in [0.25, 0.3) is 11.5 Å². The molecule has 4 heterocycles. The molecule has 0 saturated heterocycles. The van der Waals surface area contributed by atoms with Crippen LogP contribution in [0.3, 0.4) is 0 Å². The molecule has 0 aliphatic carbocycles. The molecular weight excluding hydrogens is 427 g/mol. The number of aryl methyl sites for hydroxylation is 1. The minimum absolute atomic E-state index is 0.107. The Morgan fingerprint density at radius 2 is 2.21 bits per heavy atom. The number of anilines is 1. The SMILES string of the molecule is CNC(=O)c1ccc(N2CC[N+]3=C(CCOc4cc5nc(C)c(=O)[nH]c5c(F)c4C3)C2)cn1. The quantitative estimate of drug-likeness (QED) is 0.571. The summed E-state index contributed by atoms with van der Waals surface area (Å²) in [5.74, 6) is -0.253. The van der Waals surface area contributed by atoms with E-state index >= 15 is 4.39 Å². The molecule has 0 saturated carbocycles. The number of rotatable bonds is 2. The van der Waals surface area contributed by atoms with Crippen molar-refractivity contribution in [2.45, 2.75) is 19.9 Å². The van der Waals surface area contributed by atoms with Crippen molar-refractivity contribution < 1.29 is 18.5 Å². The van der Waals surface area contributed by atoms with E-state index in [0.717, 1.165) is 17.9 Å². The second-order valence-electron chi connectivity index (χ2n) is 8.20. The topological polar surface area (TPSA) is 103 Å². The van der Waals surface area contributed by atoms with Crippen molar-refractivity contribution in [2.24, 2.45) is 0 Å². The smallest absolute Gasteiger partial charge is 0.269 e. The average molecular weight is 451 g/mol. The molecule has 0 fully saturated rings. The fourth-order valence-electron chi connectivity index (χ4n) is 4.33. The van der Waals surface area contributed by atoms with Crippen molar-refractivity contribution in [1.82, 2.24) is 20.3 Å². The molecule has 1 aromatic carbocycles. The van der Waals surface area contributed by atoms with Crippen molar-refractivity contribution in [3.05, 3.63) is 57.5 Å². The first-order chi connectivity index (χ1) is 15.9. The third-order valence-electron chi connectivity index (χ3n) is 6.19. The van der Waals surface area contributed by atoms with Crippen molar-refractivity contribution in [2.75, 3.05) is 38.2 Å². The van der Waals surface area contributed by atoms with Crippen LogP contribution in [-0.4, -0.2) is 64.4 Å². The normalized spacial score (nSPS) is 15.9. The Hall–Kier alpha value is -3.82. The van der Waals surface area contributed by atoms with E-state index in [1.165, 1.54) is 0 Å². The molecule has 0 atom stereocenters. The van der Waals surface area contributed by atoms with Crippen LogP contribution in [0.2, 0.25) is 0 Å². The molecule has 3 aromatic rings. The van der Waals surface area contributed by atoms with E-state index < -0.39 is 11.4 Å². The Balaban J connectivity index is 1.45. The number of carbonyl (C=O) groups is 1. The lowest BCUT2D eigenvalue weighted by Crippen LogP contribution is -2.46. The molecule has 170 valence electrons. The van der Waals surface area contributed by atoms with Gasteiger partial charge in [0.05, 0.1) is 49.1 Å². The molecule has 2 aliphatic rings. The van der Waals surface area contributed by atoms with Crippen LogP contribution < -0.4 is 20.5 Å². The zero-order valence-corrected chi connectivity index (χ0v) is 18.4. The first-order valence-corrected chi connectivity index (χ1v) is 10.8. The molecule has 0 spiro atoms. The van der Waals surface area contributed by atoms with Crippen LogP contribution >= 0.6 is 0 Å². The Bertz CT molecular complexity index is 1350. The van der Waals surface area contributed by atoms with Crippen LogP contribution in [0.15, 0.2) is 29.2 Å². The maximum Gasteiger partial charge on any atom is 0.269 e. The van der Waals surface area contributed by atoms with Gasteiger partial charge in [-0.05, 0) is 19.1 Å². The van der Waals surface area contributed by atoms with E-state index in [-0.39, 0.29) is 17.1 Å². The van der Waals surface area contributed by atoms with E-state index in [9.17, 15) is 9.59 Å². The Morgan fingerprint density at radius 3 is 2.97 bits per heavy atom. The van der Waals surface area contributed by atoms with Crippen LogP contribution in [0, 0.1) is 12.7 Å². The average Bonchev–Trinajstić information content (AvgIpc) is 2.81. The lowest BCUT2D eigenvalue weighted by molar-refractivity contribution is -0.546. The van der Waals surface area contributed by atoms with Gasteiger partial charge in [-0.15, -0.1) is 0 Å². The summed E-state index contributed by atoms with van der Waals surface area (Å²) in [4.78, 5) is 37.0. The Kier molecular flexibility index (Phi) is 5.27. The molecule has 33 heavy (non-hydrogen) atoms. The molecule has 0 unspecified atom stereocenters. The molecular formula is C23H24FN6O3+. The predicted octanol–water partition coefficient (Wildman–Crippen LogP) is 1.38. The number of aromatic amines is 1. The van der Waals surface area contributed by atoms with E-state index in [0.29, 0.717) is 55.2 Å². The molecule has 0 radical (unpaired) electrons. The predicted molar refractivity (Wildman–Crippen MR) is 121 cm³/mol. The maximum absolute atomic E-state index is 15.4. The number of halogens is 1. The zero-order valence-electron chi connectivity index (χ0n) is 18.4. The van der Waals surface area contributed by atoms with E-state index in [4.69, 9.17) is 4.74 Å². The summed E-state index contributed by atoms with van der Waals surface area (Å²) in [5.41, 5.74) is 3.23. The fourth-order valence-corrected chi connectivity index (χ4v) is 4.33. The lowest BCUT2D eigenvalue weighted by Gasteiger charge is -2.30. The maximum atomic E-state index is 15.4. The number of benzene rings is 1. The number of nitrogens with zero attached hydrogens (tertiary/aromatic N) is 4. The first kappa shape index (κ1) is 21.0. The summed E-state index contributed by atoms with van der Waals surface area (Å²) in [6.45, 7) is 4.44. The monoisotopic (exact) mass is 451 g/mol. The fraction of sp³-hybridized carbons (Fsp3) is 0.348. The standard InChI is InChI=1S/C23H23FN6O3/c1-13-22(31)28-21-18(27-13)9-19-16(20(21)24)12-30-7-6-29(11-15(30)5-8-33-19)14-3-4-17(26-10-14)23(32)25-2/h3-4,9-10H,5-8,11-12H2,1-2H3,(H-,25,28,31,32)/p+1. The van der Waals surface area contributed by atoms with Crippen LogP contribution in [0.5, 0.6) is 5.75 Å². The number of hydrogen-bond acceptors (Lipinski definition) is 6. The lowest BCUT2D eigenvalue weighted by atomic mass is 10.1. The highest BCUT2D eigenvalue weighted by atomic mass is 19.1. The second-order valence-corrected chi connectivity index (χ2v) is 8.20. The van der Waals surface area contributed by atoms with Gasteiger partial charge >= 0.3 is 0 Å². The van der Waals surface area contributed by atoms with Gasteiger partial charge in [0, 0.05) is 13.1 Å². The van der Waals surface area contributed by atoms with Crippen molar-refractivity contribution in [1.29, 1.82) is 0 Å². The van der Waals surface area contributed by atoms with Gasteiger partial charge in [-0.2, -0.15) is 0 Å².